The minimum absolute atomic E-state index is 0.379. The second-order valence-corrected chi connectivity index (χ2v) is 16.0. The molecule has 0 aliphatic heterocycles. The van der Waals surface area contributed by atoms with E-state index in [9.17, 15) is 20.1 Å². The largest absolute Gasteiger partial charge is 0.394 e. The van der Waals surface area contributed by atoms with Gasteiger partial charge in [0.25, 0.3) is 0 Å². The summed E-state index contributed by atoms with van der Waals surface area (Å²) in [5, 5.41) is 33.2. The Morgan fingerprint density at radius 1 is 0.453 bits per heavy atom. The van der Waals surface area contributed by atoms with Crippen LogP contribution in [0.3, 0.4) is 0 Å². The van der Waals surface area contributed by atoms with Crippen LogP contribution in [-0.2, 0) is 4.79 Å². The molecule has 0 aromatic rings. The van der Waals surface area contributed by atoms with Gasteiger partial charge in [-0.25, -0.2) is 0 Å². The van der Waals surface area contributed by atoms with Crippen LogP contribution in [0.1, 0.15) is 239 Å². The number of aliphatic hydroxyl groups is 3. The van der Waals surface area contributed by atoms with Crippen molar-refractivity contribution in [3.63, 3.8) is 0 Å². The van der Waals surface area contributed by atoms with E-state index in [1.807, 2.05) is 6.08 Å². The molecule has 0 heterocycles. The molecule has 0 aromatic carbocycles. The molecule has 0 saturated heterocycles. The normalized spacial score (nSPS) is 13.8. The Bertz CT molecular complexity index is 824. The molecule has 53 heavy (non-hydrogen) atoms. The van der Waals surface area contributed by atoms with E-state index in [-0.39, 0.29) is 6.61 Å². The zero-order valence-corrected chi connectivity index (χ0v) is 35.4. The summed E-state index contributed by atoms with van der Waals surface area (Å²) in [6.07, 6.45) is 54.7. The molecule has 1 amide bonds. The number of rotatable bonds is 42. The third-order valence-corrected chi connectivity index (χ3v) is 10.7. The molecule has 0 spiro atoms. The fourth-order valence-corrected chi connectivity index (χ4v) is 7.04. The molecule has 0 saturated carbocycles. The monoisotopic (exact) mass is 746 g/mol. The molecule has 0 aromatic heterocycles. The summed E-state index contributed by atoms with van der Waals surface area (Å²) in [6.45, 7) is 4.18. The van der Waals surface area contributed by atoms with Crippen molar-refractivity contribution in [1.29, 1.82) is 0 Å². The van der Waals surface area contributed by atoms with E-state index >= 15 is 0 Å². The molecule has 3 unspecified atom stereocenters. The third kappa shape index (κ3) is 38.6. The van der Waals surface area contributed by atoms with Gasteiger partial charge in [0.2, 0.25) is 5.91 Å². The topological polar surface area (TPSA) is 89.8 Å². The molecular weight excluding hydrogens is 655 g/mol. The minimum Gasteiger partial charge on any atom is -0.394 e. The van der Waals surface area contributed by atoms with Crippen molar-refractivity contribution in [1.82, 2.24) is 5.32 Å². The maximum atomic E-state index is 12.5. The average molecular weight is 746 g/mol. The summed E-state index contributed by atoms with van der Waals surface area (Å²) in [7, 11) is 0. The van der Waals surface area contributed by atoms with Gasteiger partial charge in [-0.05, 0) is 44.9 Å². The molecular formula is C48H91NO4. The molecule has 4 N–H and O–H groups in total. The molecule has 0 radical (unpaired) electrons. The second-order valence-electron chi connectivity index (χ2n) is 16.0. The van der Waals surface area contributed by atoms with Crippen molar-refractivity contribution < 1.29 is 20.1 Å². The number of aliphatic hydroxyl groups excluding tert-OH is 3. The van der Waals surface area contributed by atoms with Crippen LogP contribution in [0, 0.1) is 0 Å². The number of amides is 1. The van der Waals surface area contributed by atoms with E-state index < -0.39 is 24.2 Å². The number of carbonyl (C=O) groups is 1. The first-order valence-electron chi connectivity index (χ1n) is 23.3. The highest BCUT2D eigenvalue weighted by Gasteiger charge is 2.22. The third-order valence-electron chi connectivity index (χ3n) is 10.7. The Morgan fingerprint density at radius 2 is 0.774 bits per heavy atom. The summed E-state index contributed by atoms with van der Waals surface area (Å²) >= 11 is 0. The maximum absolute atomic E-state index is 12.5. The maximum Gasteiger partial charge on any atom is 0.249 e. The van der Waals surface area contributed by atoms with E-state index in [0.717, 1.165) is 44.9 Å². The number of allylic oxidation sites excluding steroid dienone is 5. The summed E-state index contributed by atoms with van der Waals surface area (Å²) in [5.74, 6) is -0.515. The van der Waals surface area contributed by atoms with Gasteiger partial charge in [0.1, 0.15) is 6.10 Å². The number of unbranched alkanes of at least 4 members (excludes halogenated alkanes) is 30. The van der Waals surface area contributed by atoms with Gasteiger partial charge in [-0.1, -0.05) is 230 Å². The number of hydrogen-bond acceptors (Lipinski definition) is 4. The molecule has 3 atom stereocenters. The highest BCUT2D eigenvalue weighted by atomic mass is 16.3. The lowest BCUT2D eigenvalue weighted by Crippen LogP contribution is -2.48. The van der Waals surface area contributed by atoms with Crippen LogP contribution in [0.4, 0.5) is 0 Å². The summed E-state index contributed by atoms with van der Waals surface area (Å²) < 4.78 is 0. The predicted octanol–water partition coefficient (Wildman–Crippen LogP) is 13.5. The number of carbonyl (C=O) groups excluding carboxylic acids is 1. The molecule has 0 rings (SSSR count). The summed E-state index contributed by atoms with van der Waals surface area (Å²) in [6, 6.07) is -0.818. The Balaban J connectivity index is 3.71. The molecule has 5 nitrogen and oxygen atoms in total. The molecule has 0 fully saturated rings. The smallest absolute Gasteiger partial charge is 0.249 e. The van der Waals surface area contributed by atoms with Crippen LogP contribution in [-0.4, -0.2) is 46.1 Å². The first-order valence-corrected chi connectivity index (χ1v) is 23.3. The lowest BCUT2D eigenvalue weighted by atomic mass is 10.0. The standard InChI is InChI=1S/C48H91NO4/c1-3-5-7-9-11-13-15-17-19-21-23-24-25-27-28-30-32-34-36-38-40-42-46(51)45(44-50)49-48(53)47(52)43-41-39-37-35-33-31-29-26-22-20-18-16-14-12-10-8-6-4-2/h25,27,32,34,40,42,45-47,50-52H,3-24,26,28-31,33,35-39,41,43-44H2,1-2H3,(H,49,53)/b27-25+,34-32+,42-40+. The lowest BCUT2D eigenvalue weighted by molar-refractivity contribution is -0.131. The van der Waals surface area contributed by atoms with E-state index in [2.05, 4.69) is 43.5 Å². The van der Waals surface area contributed by atoms with Crippen LogP contribution in [0.15, 0.2) is 36.5 Å². The van der Waals surface area contributed by atoms with E-state index in [0.29, 0.717) is 6.42 Å². The highest BCUT2D eigenvalue weighted by Crippen LogP contribution is 2.16. The van der Waals surface area contributed by atoms with Gasteiger partial charge in [0.05, 0.1) is 18.8 Å². The predicted molar refractivity (Wildman–Crippen MR) is 231 cm³/mol. The summed E-state index contributed by atoms with van der Waals surface area (Å²) in [5.41, 5.74) is 0. The van der Waals surface area contributed by atoms with Gasteiger partial charge in [-0.15, -0.1) is 0 Å². The van der Waals surface area contributed by atoms with Crippen LogP contribution >= 0.6 is 0 Å². The van der Waals surface area contributed by atoms with Crippen molar-refractivity contribution in [3.05, 3.63) is 36.5 Å². The number of nitrogens with one attached hydrogen (secondary N) is 1. The van der Waals surface area contributed by atoms with E-state index in [4.69, 9.17) is 0 Å². The van der Waals surface area contributed by atoms with E-state index in [1.165, 1.54) is 173 Å². The van der Waals surface area contributed by atoms with Gasteiger partial charge in [-0.2, -0.15) is 0 Å². The molecule has 5 heteroatoms. The first kappa shape index (κ1) is 51.6. The van der Waals surface area contributed by atoms with Gasteiger partial charge in [0, 0.05) is 0 Å². The quantitative estimate of drug-likeness (QED) is 0.0370. The molecule has 312 valence electrons. The van der Waals surface area contributed by atoms with Crippen molar-refractivity contribution in [2.75, 3.05) is 6.61 Å². The van der Waals surface area contributed by atoms with Crippen molar-refractivity contribution in [2.45, 2.75) is 257 Å². The Kier molecular flexibility index (Phi) is 42.1. The zero-order chi connectivity index (χ0) is 38.7. The molecule has 0 aliphatic carbocycles. The van der Waals surface area contributed by atoms with Crippen LogP contribution in [0.25, 0.3) is 0 Å². The molecule has 0 bridgehead atoms. The fourth-order valence-electron chi connectivity index (χ4n) is 7.04. The Hall–Kier alpha value is -1.43. The SMILES string of the molecule is CCCCCCCCCCCCC/C=C/CC/C=C/CC/C=C/C(O)C(CO)NC(=O)C(O)CCCCCCCCCCCCCCCCCCCC. The van der Waals surface area contributed by atoms with E-state index in [1.54, 1.807) is 6.08 Å². The minimum atomic E-state index is -1.11. The van der Waals surface area contributed by atoms with Gasteiger partial charge < -0.3 is 20.6 Å². The first-order chi connectivity index (χ1) is 26.1. The summed E-state index contributed by atoms with van der Waals surface area (Å²) in [4.78, 5) is 12.5. The van der Waals surface area contributed by atoms with Crippen molar-refractivity contribution in [2.24, 2.45) is 0 Å². The van der Waals surface area contributed by atoms with Crippen LogP contribution < -0.4 is 5.32 Å². The van der Waals surface area contributed by atoms with Crippen molar-refractivity contribution >= 4 is 5.91 Å². The Morgan fingerprint density at radius 3 is 1.15 bits per heavy atom. The zero-order valence-electron chi connectivity index (χ0n) is 35.4. The molecule has 0 aliphatic rings. The van der Waals surface area contributed by atoms with Crippen LogP contribution in [0.2, 0.25) is 0 Å². The van der Waals surface area contributed by atoms with Gasteiger partial charge in [0.15, 0.2) is 0 Å². The van der Waals surface area contributed by atoms with Gasteiger partial charge >= 0.3 is 0 Å². The second kappa shape index (κ2) is 43.3. The van der Waals surface area contributed by atoms with Crippen LogP contribution in [0.5, 0.6) is 0 Å². The average Bonchev–Trinajstić information content (AvgIpc) is 3.16. The van der Waals surface area contributed by atoms with Crippen molar-refractivity contribution in [3.8, 4) is 0 Å². The van der Waals surface area contributed by atoms with Gasteiger partial charge in [-0.3, -0.25) is 4.79 Å². The lowest BCUT2D eigenvalue weighted by Gasteiger charge is -2.21. The number of hydrogen-bond donors (Lipinski definition) is 4. The fraction of sp³-hybridized carbons (Fsp3) is 0.854. The Labute approximate surface area is 330 Å². The highest BCUT2D eigenvalue weighted by molar-refractivity contribution is 5.80.